The third-order valence-corrected chi connectivity index (χ3v) is 7.27. The lowest BCUT2D eigenvalue weighted by Gasteiger charge is -2.33. The molecule has 1 aromatic carbocycles. The van der Waals surface area contributed by atoms with Gasteiger partial charge in [0, 0.05) is 42.6 Å². The van der Waals surface area contributed by atoms with Gasteiger partial charge < -0.3 is 10.2 Å². The molecular formula is C23H17F4IN8O. The minimum Gasteiger partial charge on any atom is -0.350 e. The number of halogens is 5. The first-order valence-corrected chi connectivity index (χ1v) is 11.6. The van der Waals surface area contributed by atoms with Gasteiger partial charge in [0.2, 0.25) is 0 Å². The van der Waals surface area contributed by atoms with E-state index >= 15 is 4.39 Å². The van der Waals surface area contributed by atoms with Crippen LogP contribution in [0, 0.1) is 32.0 Å². The van der Waals surface area contributed by atoms with E-state index in [1.165, 1.54) is 13.1 Å². The molecule has 37 heavy (non-hydrogen) atoms. The smallest absolute Gasteiger partial charge is 0.350 e. The topological polar surface area (TPSA) is 126 Å². The number of benzene rings is 1. The van der Waals surface area contributed by atoms with Gasteiger partial charge in [-0.1, -0.05) is 0 Å². The Hall–Kier alpha value is -3.92. The highest BCUT2D eigenvalue weighted by Crippen LogP contribution is 2.44. The van der Waals surface area contributed by atoms with E-state index in [0.29, 0.717) is 11.4 Å². The van der Waals surface area contributed by atoms with Gasteiger partial charge in [0.05, 0.1) is 43.9 Å². The third-order valence-electron chi connectivity index (χ3n) is 6.26. The maximum atomic E-state index is 15.7. The molecule has 1 amide bonds. The number of anilines is 1. The molecule has 14 heteroatoms. The molecule has 0 saturated carbocycles. The van der Waals surface area contributed by atoms with E-state index in [4.69, 9.17) is 0 Å². The van der Waals surface area contributed by atoms with Crippen LogP contribution in [0.1, 0.15) is 41.4 Å². The number of nitrogens with one attached hydrogen (secondary N) is 2. The average Bonchev–Trinajstić information content (AvgIpc) is 3.43. The molecule has 3 aromatic rings. The number of aromatic nitrogens is 4. The monoisotopic (exact) mass is 624 g/mol. The maximum Gasteiger partial charge on any atom is 0.435 e. The largest absolute Gasteiger partial charge is 0.435 e. The predicted octanol–water partition coefficient (Wildman–Crippen LogP) is 4.94. The van der Waals surface area contributed by atoms with E-state index in [9.17, 15) is 28.5 Å². The van der Waals surface area contributed by atoms with Crippen LogP contribution in [0.4, 0.5) is 23.4 Å². The first-order chi connectivity index (χ1) is 17.3. The van der Waals surface area contributed by atoms with Crippen LogP contribution in [-0.4, -0.2) is 37.8 Å². The number of hydrogen-bond donors (Lipinski definition) is 2. The van der Waals surface area contributed by atoms with E-state index in [1.807, 2.05) is 0 Å². The highest BCUT2D eigenvalue weighted by atomic mass is 127. The molecular weight excluding hydrogens is 607 g/mol. The molecule has 4 rings (SSSR count). The number of fused-ring (bicyclic) bond motifs is 1. The SMILES string of the molecule is CC1=C(C#N)C(c2cc3c(NC(=O)c4cn(C)nc4C(F)(F)F)n[nH]c3c(I)c2F)C(C#N)=C(C)N1C. The summed E-state index contributed by atoms with van der Waals surface area (Å²) >= 11 is 1.73. The number of rotatable bonds is 3. The number of allylic oxidation sites excluding steroid dienone is 4. The van der Waals surface area contributed by atoms with Gasteiger partial charge in [-0.3, -0.25) is 14.6 Å². The normalized spacial score (nSPS) is 14.8. The number of hydrogen-bond acceptors (Lipinski definition) is 6. The van der Waals surface area contributed by atoms with Crippen LogP contribution in [0.2, 0.25) is 0 Å². The van der Waals surface area contributed by atoms with Crippen molar-refractivity contribution >= 4 is 45.2 Å². The molecule has 9 nitrogen and oxygen atoms in total. The lowest BCUT2D eigenvalue weighted by Crippen LogP contribution is -2.26. The highest BCUT2D eigenvalue weighted by Gasteiger charge is 2.39. The summed E-state index contributed by atoms with van der Waals surface area (Å²) < 4.78 is 56.7. The molecule has 0 unspecified atom stereocenters. The summed E-state index contributed by atoms with van der Waals surface area (Å²) in [6.45, 7) is 3.36. The van der Waals surface area contributed by atoms with Crippen molar-refractivity contribution in [3.05, 3.63) is 61.0 Å². The second-order valence-electron chi connectivity index (χ2n) is 8.32. The lowest BCUT2D eigenvalue weighted by molar-refractivity contribution is -0.141. The van der Waals surface area contributed by atoms with Gasteiger partial charge in [0.1, 0.15) is 5.82 Å². The molecule has 1 aliphatic heterocycles. The Morgan fingerprint density at radius 1 is 1.19 bits per heavy atom. The highest BCUT2D eigenvalue weighted by molar-refractivity contribution is 14.1. The summed E-state index contributed by atoms with van der Waals surface area (Å²) in [5, 5.41) is 32.2. The van der Waals surface area contributed by atoms with Crippen molar-refractivity contribution in [1.82, 2.24) is 24.9 Å². The van der Waals surface area contributed by atoms with Gasteiger partial charge in [0.25, 0.3) is 5.91 Å². The van der Waals surface area contributed by atoms with Gasteiger partial charge in [0.15, 0.2) is 11.5 Å². The van der Waals surface area contributed by atoms with E-state index in [1.54, 1.807) is 48.4 Å². The Bertz CT molecular complexity index is 1580. The Morgan fingerprint density at radius 3 is 2.32 bits per heavy atom. The number of aromatic amines is 1. The van der Waals surface area contributed by atoms with Crippen molar-refractivity contribution in [2.75, 3.05) is 12.4 Å². The van der Waals surface area contributed by atoms with Gasteiger partial charge in [-0.05, 0) is 42.5 Å². The first kappa shape index (κ1) is 26.2. The summed E-state index contributed by atoms with van der Waals surface area (Å²) in [5.74, 6) is -2.99. The van der Waals surface area contributed by atoms with Crippen LogP contribution < -0.4 is 5.32 Å². The minimum atomic E-state index is -4.86. The molecule has 0 fully saturated rings. The fourth-order valence-corrected chi connectivity index (χ4v) is 4.96. The molecule has 2 aromatic heterocycles. The second kappa shape index (κ2) is 9.19. The summed E-state index contributed by atoms with van der Waals surface area (Å²) in [6.07, 6.45) is -3.93. The van der Waals surface area contributed by atoms with Crippen LogP contribution in [-0.2, 0) is 13.2 Å². The first-order valence-electron chi connectivity index (χ1n) is 10.5. The fraction of sp³-hybridized carbons (Fsp3) is 0.261. The summed E-state index contributed by atoms with van der Waals surface area (Å²) in [4.78, 5) is 14.5. The number of carbonyl (C=O) groups is 1. The molecule has 190 valence electrons. The minimum absolute atomic E-state index is 0.00828. The maximum absolute atomic E-state index is 15.7. The number of amides is 1. The van der Waals surface area contributed by atoms with E-state index in [0.717, 1.165) is 10.9 Å². The summed E-state index contributed by atoms with van der Waals surface area (Å²) in [6, 6.07) is 5.48. The summed E-state index contributed by atoms with van der Waals surface area (Å²) in [7, 11) is 2.94. The Labute approximate surface area is 221 Å². The fourth-order valence-electron chi connectivity index (χ4n) is 4.23. The number of nitriles is 2. The molecule has 1 aliphatic rings. The standard InChI is InChI=1S/C23H17F4IN8O/c1-9-13(6-29)16(14(7-30)10(2)36(9)4)11-5-12-19(18(28)17(11)24)32-33-21(12)31-22(37)15-8-35(3)34-20(15)23(25,26)27/h5,8,16H,1-4H3,(H2,31,32,33,37). The number of carbonyl (C=O) groups excluding carboxylic acids is 1. The Kier molecular flexibility index (Phi) is 6.49. The molecule has 0 aliphatic carbocycles. The quantitative estimate of drug-likeness (QED) is 0.314. The van der Waals surface area contributed by atoms with Crippen LogP contribution in [0.15, 0.2) is 34.8 Å². The van der Waals surface area contributed by atoms with Gasteiger partial charge >= 0.3 is 6.18 Å². The van der Waals surface area contributed by atoms with Crippen molar-refractivity contribution in [1.29, 1.82) is 10.5 Å². The van der Waals surface area contributed by atoms with E-state index in [-0.39, 0.29) is 37.0 Å². The van der Waals surface area contributed by atoms with Crippen molar-refractivity contribution in [2.24, 2.45) is 7.05 Å². The van der Waals surface area contributed by atoms with Crippen molar-refractivity contribution in [2.45, 2.75) is 25.9 Å². The molecule has 0 saturated heterocycles. The number of aryl methyl sites for hydroxylation is 1. The van der Waals surface area contributed by atoms with Crippen molar-refractivity contribution in [3.8, 4) is 12.1 Å². The van der Waals surface area contributed by atoms with Crippen LogP contribution in [0.3, 0.4) is 0 Å². The summed E-state index contributed by atoms with van der Waals surface area (Å²) in [5.41, 5.74) is -0.494. The second-order valence-corrected chi connectivity index (χ2v) is 9.40. The van der Waals surface area contributed by atoms with E-state index < -0.39 is 35.1 Å². The zero-order chi connectivity index (χ0) is 27.4. The van der Waals surface area contributed by atoms with Crippen molar-refractivity contribution < 1.29 is 22.4 Å². The van der Waals surface area contributed by atoms with Gasteiger partial charge in [-0.2, -0.15) is 33.9 Å². The molecule has 0 bridgehead atoms. The van der Waals surface area contributed by atoms with E-state index in [2.05, 4.69) is 32.8 Å². The Morgan fingerprint density at radius 2 is 1.78 bits per heavy atom. The average molecular weight is 624 g/mol. The number of alkyl halides is 3. The predicted molar refractivity (Wildman–Crippen MR) is 132 cm³/mol. The molecule has 2 N–H and O–H groups in total. The number of nitrogens with zero attached hydrogens (tertiary/aromatic N) is 6. The third kappa shape index (κ3) is 4.21. The number of H-pyrrole nitrogens is 1. The Balaban J connectivity index is 1.87. The zero-order valence-corrected chi connectivity index (χ0v) is 21.9. The molecule has 0 radical (unpaired) electrons. The molecule has 0 spiro atoms. The zero-order valence-electron chi connectivity index (χ0n) is 19.7. The van der Waals surface area contributed by atoms with Gasteiger partial charge in [-0.15, -0.1) is 0 Å². The molecule has 3 heterocycles. The van der Waals surface area contributed by atoms with Crippen molar-refractivity contribution in [3.63, 3.8) is 0 Å². The van der Waals surface area contributed by atoms with Crippen LogP contribution in [0.25, 0.3) is 10.9 Å². The molecule has 0 atom stereocenters. The van der Waals surface area contributed by atoms with Crippen LogP contribution >= 0.6 is 22.6 Å². The lowest BCUT2D eigenvalue weighted by atomic mass is 9.80. The van der Waals surface area contributed by atoms with Crippen LogP contribution in [0.5, 0.6) is 0 Å². The van der Waals surface area contributed by atoms with Gasteiger partial charge in [-0.25, -0.2) is 4.39 Å².